The average Bonchev–Trinajstić information content (AvgIpc) is 3.54. The molecule has 0 bridgehead atoms. The van der Waals surface area contributed by atoms with Gasteiger partial charge in [0.2, 0.25) is 12.7 Å². The fourth-order valence-electron chi connectivity index (χ4n) is 4.96. The van der Waals surface area contributed by atoms with Gasteiger partial charge in [-0.3, -0.25) is 14.9 Å². The molecule has 1 N–H and O–H groups in total. The minimum atomic E-state index is -0.255. The van der Waals surface area contributed by atoms with Crippen LogP contribution in [0, 0.1) is 0 Å². The summed E-state index contributed by atoms with van der Waals surface area (Å²) in [4.78, 5) is 36.4. The summed E-state index contributed by atoms with van der Waals surface area (Å²) >= 11 is 1.47. The van der Waals surface area contributed by atoms with E-state index in [0.717, 1.165) is 42.9 Å². The van der Waals surface area contributed by atoms with Crippen LogP contribution in [0.25, 0.3) is 0 Å². The van der Waals surface area contributed by atoms with E-state index in [-0.39, 0.29) is 24.5 Å². The molecule has 1 aromatic heterocycles. The number of anilines is 2. The van der Waals surface area contributed by atoms with Crippen molar-refractivity contribution in [2.45, 2.75) is 25.2 Å². The molecular weight excluding hydrogens is 464 g/mol. The number of hydrogen-bond donors (Lipinski definition) is 1. The quantitative estimate of drug-likeness (QED) is 0.597. The molecule has 9 heteroatoms. The molecule has 2 amide bonds. The van der Waals surface area contributed by atoms with Crippen molar-refractivity contribution < 1.29 is 19.1 Å². The Morgan fingerprint density at radius 1 is 1.00 bits per heavy atom. The number of amides is 2. The van der Waals surface area contributed by atoms with Crippen LogP contribution < -0.4 is 19.7 Å². The van der Waals surface area contributed by atoms with Crippen LogP contribution >= 0.6 is 11.3 Å². The highest BCUT2D eigenvalue weighted by molar-refractivity contribution is 7.16. The molecule has 6 rings (SSSR count). The highest BCUT2D eigenvalue weighted by atomic mass is 32.1. The molecule has 0 radical (unpaired) electrons. The van der Waals surface area contributed by atoms with E-state index in [4.69, 9.17) is 14.5 Å². The van der Waals surface area contributed by atoms with Gasteiger partial charge in [-0.2, -0.15) is 0 Å². The number of aromatic nitrogens is 1. The van der Waals surface area contributed by atoms with E-state index in [0.29, 0.717) is 35.3 Å². The van der Waals surface area contributed by atoms with E-state index in [9.17, 15) is 9.59 Å². The molecule has 3 aliphatic rings. The SMILES string of the molecule is O=C(Nc1nc2c(s1)CCC[C@H]2C(=O)N1CCN(c2ccccc2)CC1)c1ccc2c(c1)OCO2. The molecule has 1 aliphatic carbocycles. The Hall–Kier alpha value is -3.59. The van der Waals surface area contributed by atoms with Crippen molar-refractivity contribution in [3.05, 3.63) is 64.7 Å². The minimum Gasteiger partial charge on any atom is -0.454 e. The topological polar surface area (TPSA) is 84.0 Å². The van der Waals surface area contributed by atoms with E-state index >= 15 is 0 Å². The molecule has 8 nitrogen and oxygen atoms in total. The van der Waals surface area contributed by atoms with E-state index in [2.05, 4.69) is 22.3 Å². The van der Waals surface area contributed by atoms with Crippen molar-refractivity contribution in [1.29, 1.82) is 0 Å². The normalized spacial score (nSPS) is 18.8. The lowest BCUT2D eigenvalue weighted by Gasteiger charge is -2.38. The second-order valence-corrected chi connectivity index (χ2v) is 10.0. The minimum absolute atomic E-state index is 0.151. The zero-order chi connectivity index (χ0) is 23.8. The number of thiazole rings is 1. The lowest BCUT2D eigenvalue weighted by molar-refractivity contribution is -0.133. The number of benzene rings is 2. The first-order valence-electron chi connectivity index (χ1n) is 11.9. The Morgan fingerprint density at radius 2 is 1.80 bits per heavy atom. The Bertz CT molecular complexity index is 1250. The van der Waals surface area contributed by atoms with Gasteiger partial charge < -0.3 is 19.3 Å². The summed E-state index contributed by atoms with van der Waals surface area (Å²) in [6.07, 6.45) is 2.63. The lowest BCUT2D eigenvalue weighted by atomic mass is 9.89. The summed E-state index contributed by atoms with van der Waals surface area (Å²) in [6, 6.07) is 15.4. The molecule has 0 spiro atoms. The number of ether oxygens (including phenoxy) is 2. The third kappa shape index (κ3) is 4.32. The van der Waals surface area contributed by atoms with Gasteiger partial charge in [-0.1, -0.05) is 18.2 Å². The predicted molar refractivity (Wildman–Crippen MR) is 134 cm³/mol. The van der Waals surface area contributed by atoms with Gasteiger partial charge in [-0.05, 0) is 49.6 Å². The van der Waals surface area contributed by atoms with Crippen LogP contribution in [0.1, 0.15) is 39.7 Å². The Morgan fingerprint density at radius 3 is 2.63 bits per heavy atom. The lowest BCUT2D eigenvalue weighted by Crippen LogP contribution is -2.50. The van der Waals surface area contributed by atoms with Crippen molar-refractivity contribution in [3.63, 3.8) is 0 Å². The molecular formula is C26H26N4O4S. The molecule has 2 aromatic carbocycles. The first-order valence-corrected chi connectivity index (χ1v) is 12.8. The van der Waals surface area contributed by atoms with Gasteiger partial charge in [-0.15, -0.1) is 11.3 Å². The number of para-hydroxylation sites is 1. The van der Waals surface area contributed by atoms with Crippen molar-refractivity contribution in [2.75, 3.05) is 43.2 Å². The van der Waals surface area contributed by atoms with Crippen LogP contribution in [0.4, 0.5) is 10.8 Å². The molecule has 3 aromatic rings. The van der Waals surface area contributed by atoms with Crippen LogP contribution in [-0.4, -0.2) is 54.7 Å². The van der Waals surface area contributed by atoms with Crippen LogP contribution in [0.3, 0.4) is 0 Å². The summed E-state index contributed by atoms with van der Waals surface area (Å²) in [7, 11) is 0. The number of carbonyl (C=O) groups excluding carboxylic acids is 2. The highest BCUT2D eigenvalue weighted by Gasteiger charge is 2.34. The van der Waals surface area contributed by atoms with Crippen molar-refractivity contribution in [2.24, 2.45) is 0 Å². The smallest absolute Gasteiger partial charge is 0.257 e. The molecule has 0 unspecified atom stereocenters. The fourth-order valence-corrected chi connectivity index (χ4v) is 6.02. The van der Waals surface area contributed by atoms with E-state index in [1.54, 1.807) is 18.2 Å². The van der Waals surface area contributed by atoms with Crippen LogP contribution in [0.5, 0.6) is 11.5 Å². The monoisotopic (exact) mass is 490 g/mol. The zero-order valence-electron chi connectivity index (χ0n) is 19.2. The summed E-state index contributed by atoms with van der Waals surface area (Å²) in [5, 5.41) is 3.44. The molecule has 35 heavy (non-hydrogen) atoms. The molecule has 1 fully saturated rings. The zero-order valence-corrected chi connectivity index (χ0v) is 20.1. The highest BCUT2D eigenvalue weighted by Crippen LogP contribution is 2.38. The maximum Gasteiger partial charge on any atom is 0.257 e. The molecule has 180 valence electrons. The van der Waals surface area contributed by atoms with Gasteiger partial charge in [0.25, 0.3) is 5.91 Å². The van der Waals surface area contributed by atoms with Gasteiger partial charge in [0.15, 0.2) is 16.6 Å². The van der Waals surface area contributed by atoms with E-state index < -0.39 is 0 Å². The third-order valence-electron chi connectivity index (χ3n) is 6.82. The Kier molecular flexibility index (Phi) is 5.77. The molecule has 3 heterocycles. The number of piperazine rings is 1. The second kappa shape index (κ2) is 9.22. The van der Waals surface area contributed by atoms with Gasteiger partial charge in [-0.25, -0.2) is 4.98 Å². The molecule has 2 aliphatic heterocycles. The summed E-state index contributed by atoms with van der Waals surface area (Å²) in [6.45, 7) is 3.22. The average molecular weight is 491 g/mol. The van der Waals surface area contributed by atoms with Crippen LogP contribution in [-0.2, 0) is 11.2 Å². The summed E-state index contributed by atoms with van der Waals surface area (Å²) in [5.74, 6) is 0.854. The number of hydrogen-bond acceptors (Lipinski definition) is 7. The van der Waals surface area contributed by atoms with Gasteiger partial charge >= 0.3 is 0 Å². The van der Waals surface area contributed by atoms with E-state index in [1.165, 1.54) is 17.0 Å². The molecule has 0 saturated carbocycles. The third-order valence-corrected chi connectivity index (χ3v) is 7.87. The first-order chi connectivity index (χ1) is 17.2. The second-order valence-electron chi connectivity index (χ2n) is 8.94. The maximum absolute atomic E-state index is 13.5. The summed E-state index contributed by atoms with van der Waals surface area (Å²) < 4.78 is 10.7. The maximum atomic E-state index is 13.5. The van der Waals surface area contributed by atoms with Gasteiger partial charge in [0.05, 0.1) is 11.6 Å². The molecule has 1 atom stereocenters. The number of carbonyl (C=O) groups is 2. The summed E-state index contributed by atoms with van der Waals surface area (Å²) in [5.41, 5.74) is 2.51. The number of rotatable bonds is 4. The fraction of sp³-hybridized carbons (Fsp3) is 0.346. The first kappa shape index (κ1) is 21.9. The molecule has 1 saturated heterocycles. The standard InChI is InChI=1S/C26H26N4O4S/c31-24(17-9-10-20-21(15-17)34-16-33-20)28-26-27-23-19(7-4-8-22(23)35-26)25(32)30-13-11-29(12-14-30)18-5-2-1-3-6-18/h1-3,5-6,9-10,15,19H,4,7-8,11-14,16H2,(H,27,28,31)/t19-/m1/s1. The van der Waals surface area contributed by atoms with Crippen molar-refractivity contribution >= 4 is 34.0 Å². The van der Waals surface area contributed by atoms with Crippen LogP contribution in [0.2, 0.25) is 0 Å². The number of fused-ring (bicyclic) bond motifs is 2. The van der Waals surface area contributed by atoms with Crippen LogP contribution in [0.15, 0.2) is 48.5 Å². The number of aryl methyl sites for hydroxylation is 1. The van der Waals surface area contributed by atoms with E-state index in [1.807, 2.05) is 23.1 Å². The van der Waals surface area contributed by atoms with Gasteiger partial charge in [0.1, 0.15) is 0 Å². The Balaban J connectivity index is 1.13. The Labute approximate surface area is 207 Å². The largest absolute Gasteiger partial charge is 0.454 e. The number of nitrogens with one attached hydrogen (secondary N) is 1. The van der Waals surface area contributed by atoms with Gasteiger partial charge in [0, 0.05) is 42.3 Å². The number of nitrogens with zero attached hydrogens (tertiary/aromatic N) is 3. The van der Waals surface area contributed by atoms with Crippen molar-refractivity contribution in [3.8, 4) is 11.5 Å². The van der Waals surface area contributed by atoms with Crippen molar-refractivity contribution in [1.82, 2.24) is 9.88 Å². The predicted octanol–water partition coefficient (Wildman–Crippen LogP) is 3.89.